The topological polar surface area (TPSA) is 91.6 Å². The summed E-state index contributed by atoms with van der Waals surface area (Å²) in [6.45, 7) is 14.2. The summed E-state index contributed by atoms with van der Waals surface area (Å²) in [6, 6.07) is 7.02. The zero-order valence-corrected chi connectivity index (χ0v) is 27.0. The number of aliphatic carboxylic acids is 1. The Balaban J connectivity index is 2.10. The molecule has 43 heavy (non-hydrogen) atoms. The van der Waals surface area contributed by atoms with E-state index in [-0.39, 0.29) is 17.0 Å². The van der Waals surface area contributed by atoms with E-state index in [1.54, 1.807) is 31.3 Å². The molecule has 3 aromatic rings. The molecule has 1 aromatic heterocycles. The second kappa shape index (κ2) is 14.1. The number of carboxylic acids is 1. The monoisotopic (exact) mass is 591 g/mol. The SMILES string of the molecule is Cc1cc(C)c(-c2cc(C)c(F)c([C@H](CC(=O)O)NC(=O)C(CC(C)C)n3cc(CCN(C)C)c(C)cc3=O)c2)c(C)c1. The van der Waals surface area contributed by atoms with Crippen molar-refractivity contribution in [2.75, 3.05) is 20.6 Å². The van der Waals surface area contributed by atoms with E-state index in [0.717, 1.165) is 45.5 Å². The number of hydrogen-bond acceptors (Lipinski definition) is 4. The maximum absolute atomic E-state index is 15.8. The van der Waals surface area contributed by atoms with Gasteiger partial charge in [-0.25, -0.2) is 4.39 Å². The van der Waals surface area contributed by atoms with Crippen molar-refractivity contribution in [2.45, 2.75) is 79.8 Å². The number of halogens is 1. The number of carbonyl (C=O) groups is 2. The molecule has 0 spiro atoms. The molecule has 2 N–H and O–H groups in total. The van der Waals surface area contributed by atoms with Crippen LogP contribution in [0, 0.1) is 46.4 Å². The predicted molar refractivity (Wildman–Crippen MR) is 170 cm³/mol. The van der Waals surface area contributed by atoms with E-state index in [9.17, 15) is 19.5 Å². The molecular formula is C35H46FN3O4. The largest absolute Gasteiger partial charge is 0.481 e. The highest BCUT2D eigenvalue weighted by Gasteiger charge is 2.29. The average Bonchev–Trinajstić information content (AvgIpc) is 2.87. The summed E-state index contributed by atoms with van der Waals surface area (Å²) in [5.74, 6) is -2.19. The van der Waals surface area contributed by atoms with Crippen molar-refractivity contribution < 1.29 is 19.1 Å². The van der Waals surface area contributed by atoms with Gasteiger partial charge in [-0.2, -0.15) is 0 Å². The fourth-order valence-electron chi connectivity index (χ4n) is 5.84. The maximum Gasteiger partial charge on any atom is 0.305 e. The van der Waals surface area contributed by atoms with Gasteiger partial charge in [0.1, 0.15) is 11.9 Å². The van der Waals surface area contributed by atoms with Crippen molar-refractivity contribution in [2.24, 2.45) is 5.92 Å². The van der Waals surface area contributed by atoms with Gasteiger partial charge in [0, 0.05) is 24.4 Å². The van der Waals surface area contributed by atoms with Crippen molar-refractivity contribution in [1.29, 1.82) is 0 Å². The van der Waals surface area contributed by atoms with Gasteiger partial charge in [0.05, 0.1) is 12.5 Å². The predicted octanol–water partition coefficient (Wildman–Crippen LogP) is 6.22. The van der Waals surface area contributed by atoms with Gasteiger partial charge in [-0.05, 0) is 119 Å². The molecule has 2 atom stereocenters. The van der Waals surface area contributed by atoms with Crippen LogP contribution in [0.25, 0.3) is 11.1 Å². The Morgan fingerprint density at radius 2 is 1.58 bits per heavy atom. The summed E-state index contributed by atoms with van der Waals surface area (Å²) in [7, 11) is 3.94. The van der Waals surface area contributed by atoms with Gasteiger partial charge in [-0.15, -0.1) is 0 Å². The van der Waals surface area contributed by atoms with Crippen molar-refractivity contribution in [3.8, 4) is 11.1 Å². The van der Waals surface area contributed by atoms with Crippen LogP contribution in [0.1, 0.15) is 77.7 Å². The molecule has 0 aliphatic heterocycles. The molecule has 0 saturated heterocycles. The van der Waals surface area contributed by atoms with Crippen LogP contribution < -0.4 is 10.9 Å². The number of benzene rings is 2. The number of aryl methyl sites for hydroxylation is 5. The van der Waals surface area contributed by atoms with E-state index >= 15 is 4.39 Å². The molecule has 232 valence electrons. The van der Waals surface area contributed by atoms with E-state index in [1.165, 1.54) is 4.57 Å². The second-order valence-corrected chi connectivity index (χ2v) is 12.6. The van der Waals surface area contributed by atoms with Crippen molar-refractivity contribution in [1.82, 2.24) is 14.8 Å². The number of rotatable bonds is 12. The van der Waals surface area contributed by atoms with Crippen molar-refractivity contribution in [3.05, 3.63) is 91.6 Å². The third-order valence-electron chi connectivity index (χ3n) is 7.88. The summed E-state index contributed by atoms with van der Waals surface area (Å²) in [6.07, 6.45) is 2.29. The van der Waals surface area contributed by atoms with Gasteiger partial charge in [-0.3, -0.25) is 14.4 Å². The van der Waals surface area contributed by atoms with Crippen LogP contribution in [0.2, 0.25) is 0 Å². The van der Waals surface area contributed by atoms with Gasteiger partial charge in [-0.1, -0.05) is 31.5 Å². The Hall–Kier alpha value is -3.78. The zero-order valence-electron chi connectivity index (χ0n) is 27.0. The van der Waals surface area contributed by atoms with Crippen LogP contribution in [0.3, 0.4) is 0 Å². The number of aromatic nitrogens is 1. The average molecular weight is 592 g/mol. The van der Waals surface area contributed by atoms with E-state index < -0.39 is 36.2 Å². The quantitative estimate of drug-likeness (QED) is 0.261. The smallest absolute Gasteiger partial charge is 0.305 e. The van der Waals surface area contributed by atoms with Gasteiger partial charge < -0.3 is 19.9 Å². The summed E-state index contributed by atoms with van der Waals surface area (Å²) < 4.78 is 17.2. The van der Waals surface area contributed by atoms with Crippen LogP contribution in [0.15, 0.2) is 41.3 Å². The molecule has 0 aliphatic carbocycles. The molecule has 1 unspecified atom stereocenters. The lowest BCUT2D eigenvalue weighted by molar-refractivity contribution is -0.138. The summed E-state index contributed by atoms with van der Waals surface area (Å²) in [4.78, 5) is 41.2. The van der Waals surface area contributed by atoms with Crippen LogP contribution >= 0.6 is 0 Å². The second-order valence-electron chi connectivity index (χ2n) is 12.6. The Bertz CT molecular complexity index is 1530. The zero-order chi connectivity index (χ0) is 32.2. The first-order chi connectivity index (χ1) is 20.1. The van der Waals surface area contributed by atoms with Gasteiger partial charge in [0.25, 0.3) is 5.56 Å². The van der Waals surface area contributed by atoms with Crippen molar-refractivity contribution in [3.63, 3.8) is 0 Å². The summed E-state index contributed by atoms with van der Waals surface area (Å²) >= 11 is 0. The molecule has 7 nitrogen and oxygen atoms in total. The molecule has 2 aromatic carbocycles. The standard InChI is InChI=1S/C35H46FN3O4/c1-20(2)12-30(39-19-26(10-11-38(8)9)22(4)16-31(39)40)35(43)37-29(18-32(41)42)28-17-27(15-25(7)34(28)36)33-23(5)13-21(3)14-24(33)6/h13-17,19-20,29-30H,10-12,18H2,1-9H3,(H,37,43)(H,41,42)/t29-,30?/m0/s1. The molecule has 3 rings (SSSR count). The number of nitrogens with one attached hydrogen (secondary N) is 1. The highest BCUT2D eigenvalue weighted by molar-refractivity contribution is 5.82. The molecule has 8 heteroatoms. The van der Waals surface area contributed by atoms with Crippen LogP contribution in [-0.2, 0) is 16.0 Å². The minimum absolute atomic E-state index is 0.0573. The Morgan fingerprint density at radius 3 is 2.14 bits per heavy atom. The van der Waals surface area contributed by atoms with Crippen LogP contribution in [0.4, 0.5) is 4.39 Å². The number of nitrogens with zero attached hydrogens (tertiary/aromatic N) is 2. The van der Waals surface area contributed by atoms with E-state index in [4.69, 9.17) is 0 Å². The lowest BCUT2D eigenvalue weighted by Gasteiger charge is -2.26. The number of hydrogen-bond donors (Lipinski definition) is 2. The molecule has 0 radical (unpaired) electrons. The van der Waals surface area contributed by atoms with Gasteiger partial charge >= 0.3 is 5.97 Å². The van der Waals surface area contributed by atoms with E-state index in [2.05, 4.69) is 17.4 Å². The fourth-order valence-corrected chi connectivity index (χ4v) is 5.84. The third-order valence-corrected chi connectivity index (χ3v) is 7.88. The number of likely N-dealkylation sites (N-methyl/N-ethyl adjacent to an activating group) is 1. The number of pyridine rings is 1. The van der Waals surface area contributed by atoms with E-state index in [0.29, 0.717) is 18.4 Å². The fraction of sp³-hybridized carbons (Fsp3) is 0.457. The molecule has 0 saturated carbocycles. The first-order valence-corrected chi connectivity index (χ1v) is 14.9. The minimum Gasteiger partial charge on any atom is -0.481 e. The minimum atomic E-state index is -1.17. The number of amides is 1. The molecule has 0 bridgehead atoms. The van der Waals surface area contributed by atoms with Crippen LogP contribution in [-0.4, -0.2) is 47.1 Å². The molecular weight excluding hydrogens is 545 g/mol. The van der Waals surface area contributed by atoms with Crippen molar-refractivity contribution >= 4 is 11.9 Å². The highest BCUT2D eigenvalue weighted by atomic mass is 19.1. The number of carbonyl (C=O) groups excluding carboxylic acids is 1. The Labute approximate surface area is 254 Å². The Morgan fingerprint density at radius 1 is 0.953 bits per heavy atom. The molecule has 0 aliphatic rings. The van der Waals surface area contributed by atoms with Gasteiger partial charge in [0.15, 0.2) is 0 Å². The highest BCUT2D eigenvalue weighted by Crippen LogP contribution is 2.34. The van der Waals surface area contributed by atoms with Gasteiger partial charge in [0.2, 0.25) is 5.91 Å². The first kappa shape index (κ1) is 33.7. The third kappa shape index (κ3) is 8.41. The van der Waals surface area contributed by atoms with E-state index in [1.807, 2.05) is 60.5 Å². The normalized spacial score (nSPS) is 12.9. The molecule has 1 amide bonds. The molecule has 0 fully saturated rings. The van der Waals surface area contributed by atoms with Crippen LogP contribution in [0.5, 0.6) is 0 Å². The summed E-state index contributed by atoms with van der Waals surface area (Å²) in [5.41, 5.74) is 6.83. The lowest BCUT2D eigenvalue weighted by Crippen LogP contribution is -2.40. The lowest BCUT2D eigenvalue weighted by atomic mass is 9.89. The maximum atomic E-state index is 15.8. The first-order valence-electron chi connectivity index (χ1n) is 14.9. The molecule has 1 heterocycles. The summed E-state index contributed by atoms with van der Waals surface area (Å²) in [5, 5.41) is 12.6. The number of carboxylic acid groups (broad SMARTS) is 1. The Kier molecular flexibility index (Phi) is 11.1.